The van der Waals surface area contributed by atoms with Gasteiger partial charge in [0, 0.05) is 83.6 Å². The molecule has 4 aromatic carbocycles. The number of rotatable bonds is 42. The molecule has 0 aliphatic carbocycles. The van der Waals surface area contributed by atoms with Crippen molar-refractivity contribution in [1.82, 2.24) is 19.1 Å². The number of hydrogen-bond acceptors (Lipinski definition) is 24. The second kappa shape index (κ2) is 46.7. The molecule has 0 atom stereocenters. The van der Waals surface area contributed by atoms with E-state index < -0.39 is 91.4 Å². The Bertz CT molecular complexity index is 5010. The topological polar surface area (TPSA) is 503 Å². The lowest BCUT2D eigenvalue weighted by Crippen LogP contribution is -2.28. The molecule has 0 radical (unpaired) electrons. The van der Waals surface area contributed by atoms with Gasteiger partial charge in [0.25, 0.3) is 0 Å². The van der Waals surface area contributed by atoms with Crippen LogP contribution in [0.15, 0.2) is 92.5 Å². The molecule has 4 aromatic heterocycles. The number of fused-ring (bicyclic) bond motifs is 4. The molecule has 0 saturated heterocycles. The van der Waals surface area contributed by atoms with Crippen LogP contribution in [0.5, 0.6) is 0 Å². The molecule has 38 heteroatoms. The van der Waals surface area contributed by atoms with E-state index in [1.54, 1.807) is 27.3 Å². The summed E-state index contributed by atoms with van der Waals surface area (Å²) in [6, 6.07) is 15.2. The number of pyridine rings is 4. The van der Waals surface area contributed by atoms with E-state index >= 15 is 0 Å². The van der Waals surface area contributed by atoms with Gasteiger partial charge in [0.1, 0.15) is 33.9 Å². The van der Waals surface area contributed by atoms with Crippen LogP contribution >= 0.6 is 23.2 Å². The SMILES string of the molecule is CC(C)(C)n1cc(C(=O)O)c(=O)c2cc(F)c(NCCOCCOCCC#N)cc21.CC(C)(C)n1cc(C(=O)O)c(=O)c2cc(NCCOCCOCCC#N)c(Cl)cc21.O=C(O)CCOCCOCCNc1cc2[nH]cc(C(=O)O)c(=O)c2cc1F.O=C(O)CCOCCOCCNc1cc2c(=O)c(C(=O)O)c[nH]c2cc1Cl. The minimum absolute atomic E-state index is 0.0126. The number of halogens is 4. The summed E-state index contributed by atoms with van der Waals surface area (Å²) in [5.41, 5.74) is -1.99. The van der Waals surface area contributed by atoms with Crippen LogP contribution in [-0.4, -0.2) is 217 Å². The lowest BCUT2D eigenvalue weighted by molar-refractivity contribution is -0.139. The number of aliphatic carboxylic acids is 2. The van der Waals surface area contributed by atoms with E-state index in [4.69, 9.17) is 92.0 Å². The maximum atomic E-state index is 14.6. The highest BCUT2D eigenvalue weighted by Gasteiger charge is 2.25. The van der Waals surface area contributed by atoms with Gasteiger partial charge in [0.05, 0.1) is 198 Å². The highest BCUT2D eigenvalue weighted by atomic mass is 35.5. The number of nitrogens with one attached hydrogen (secondary N) is 6. The van der Waals surface area contributed by atoms with Crippen LogP contribution in [-0.2, 0) is 58.6 Å². The number of nitriles is 2. The van der Waals surface area contributed by atoms with E-state index in [1.165, 1.54) is 30.6 Å². The van der Waals surface area contributed by atoms with Crippen molar-refractivity contribution < 1.29 is 106 Å². The molecule has 114 heavy (non-hydrogen) atoms. The van der Waals surface area contributed by atoms with Crippen LogP contribution in [0.3, 0.4) is 0 Å². The predicted molar refractivity (Wildman–Crippen MR) is 419 cm³/mol. The average Bonchev–Trinajstić information content (AvgIpc) is 0.750. The van der Waals surface area contributed by atoms with Gasteiger partial charge < -0.3 is 109 Å². The first-order chi connectivity index (χ1) is 54.1. The number of anilines is 4. The maximum Gasteiger partial charge on any atom is 0.341 e. The molecule has 4 heterocycles. The van der Waals surface area contributed by atoms with Crippen LogP contribution in [0, 0.1) is 34.3 Å². The van der Waals surface area contributed by atoms with Gasteiger partial charge in [-0.05, 0) is 90.1 Å². The van der Waals surface area contributed by atoms with Crippen molar-refractivity contribution in [2.45, 2.75) is 78.3 Å². The zero-order chi connectivity index (χ0) is 84.2. The van der Waals surface area contributed by atoms with Crippen molar-refractivity contribution in [2.24, 2.45) is 0 Å². The molecule has 8 rings (SSSR count). The van der Waals surface area contributed by atoms with Crippen molar-refractivity contribution in [3.8, 4) is 12.1 Å². The Morgan fingerprint density at radius 2 is 0.702 bits per heavy atom. The first kappa shape index (κ1) is 93.4. The number of hydrogen-bond donors (Lipinski definition) is 12. The third-order valence-electron chi connectivity index (χ3n) is 15.9. The maximum absolute atomic E-state index is 14.6. The minimum Gasteiger partial charge on any atom is -0.481 e. The summed E-state index contributed by atoms with van der Waals surface area (Å²) in [6.07, 6.45) is 5.43. The Balaban J connectivity index is 0.000000272. The summed E-state index contributed by atoms with van der Waals surface area (Å²) in [5.74, 6) is -8.49. The summed E-state index contributed by atoms with van der Waals surface area (Å²) in [7, 11) is 0. The molecular formula is C76H90Cl2F2N10O24. The quantitative estimate of drug-likeness (QED) is 0.0158. The van der Waals surface area contributed by atoms with Gasteiger partial charge in [-0.1, -0.05) is 23.2 Å². The molecule has 0 amide bonds. The summed E-state index contributed by atoms with van der Waals surface area (Å²) < 4.78 is 74.1. The van der Waals surface area contributed by atoms with Gasteiger partial charge in [-0.2, -0.15) is 10.5 Å². The number of benzene rings is 4. The lowest BCUT2D eigenvalue weighted by Gasteiger charge is -2.26. The highest BCUT2D eigenvalue weighted by Crippen LogP contribution is 2.32. The molecule has 0 fully saturated rings. The normalized spacial score (nSPS) is 11.2. The Labute approximate surface area is 659 Å². The molecule has 0 spiro atoms. The predicted octanol–water partition coefficient (Wildman–Crippen LogP) is 9.50. The second-order valence-corrected chi connectivity index (χ2v) is 27.1. The van der Waals surface area contributed by atoms with E-state index in [2.05, 4.69) is 31.2 Å². The largest absolute Gasteiger partial charge is 0.481 e. The number of carbonyl (C=O) groups is 6. The Kier molecular flexibility index (Phi) is 38.3. The third-order valence-corrected chi connectivity index (χ3v) is 16.5. The van der Waals surface area contributed by atoms with Gasteiger partial charge in [-0.25, -0.2) is 28.0 Å². The van der Waals surface area contributed by atoms with E-state index in [1.807, 2.05) is 53.7 Å². The second-order valence-electron chi connectivity index (χ2n) is 26.3. The molecule has 0 aliphatic rings. The third kappa shape index (κ3) is 29.4. The first-order valence-corrected chi connectivity index (χ1v) is 36.1. The van der Waals surface area contributed by atoms with E-state index in [9.17, 15) is 66.9 Å². The van der Waals surface area contributed by atoms with Gasteiger partial charge in [0.15, 0.2) is 0 Å². The monoisotopic (exact) mass is 1630 g/mol. The van der Waals surface area contributed by atoms with Crippen molar-refractivity contribution in [1.29, 1.82) is 10.5 Å². The summed E-state index contributed by atoms with van der Waals surface area (Å²) in [4.78, 5) is 121. The van der Waals surface area contributed by atoms with Crippen LogP contribution in [0.2, 0.25) is 10.0 Å². The highest BCUT2D eigenvalue weighted by molar-refractivity contribution is 6.34. The van der Waals surface area contributed by atoms with Crippen molar-refractivity contribution >= 4 is 125 Å². The number of nitrogens with zero attached hydrogens (tertiary/aromatic N) is 4. The molecule has 12 N–H and O–H groups in total. The number of aromatic nitrogens is 4. The van der Waals surface area contributed by atoms with Crippen molar-refractivity contribution in [3.63, 3.8) is 0 Å². The zero-order valence-corrected chi connectivity index (χ0v) is 64.7. The van der Waals surface area contributed by atoms with Crippen LogP contribution in [0.4, 0.5) is 31.5 Å². The Morgan fingerprint density at radius 3 is 1.07 bits per heavy atom. The fourth-order valence-corrected chi connectivity index (χ4v) is 10.8. The van der Waals surface area contributed by atoms with Crippen LogP contribution in [0.1, 0.15) is 109 Å². The fourth-order valence-electron chi connectivity index (χ4n) is 10.3. The number of aromatic carboxylic acids is 4. The lowest BCUT2D eigenvalue weighted by atomic mass is 10.0. The summed E-state index contributed by atoms with van der Waals surface area (Å²) >= 11 is 12.6. The number of carboxylic acids is 6. The smallest absolute Gasteiger partial charge is 0.341 e. The van der Waals surface area contributed by atoms with Gasteiger partial charge in [-0.3, -0.25) is 28.8 Å². The van der Waals surface area contributed by atoms with E-state index in [0.717, 1.165) is 24.5 Å². The summed E-state index contributed by atoms with van der Waals surface area (Å²) in [5, 5.41) is 83.6. The Morgan fingerprint density at radius 1 is 0.404 bits per heavy atom. The number of carboxylic acid groups (broad SMARTS) is 6. The molecule has 8 aromatic rings. The fraction of sp³-hybridized carbons (Fsp3) is 0.421. The molecule has 0 bridgehead atoms. The number of aromatic amines is 2. The first-order valence-electron chi connectivity index (χ1n) is 35.3. The molecule has 0 unspecified atom stereocenters. The summed E-state index contributed by atoms with van der Waals surface area (Å²) in [6.45, 7) is 17.8. The van der Waals surface area contributed by atoms with Gasteiger partial charge in [-0.15, -0.1) is 0 Å². The van der Waals surface area contributed by atoms with Crippen molar-refractivity contribution in [3.05, 3.63) is 158 Å². The molecular weight excluding hydrogens is 1550 g/mol. The van der Waals surface area contributed by atoms with Crippen molar-refractivity contribution in [2.75, 3.05) is 153 Å². The molecule has 34 nitrogen and oxygen atoms in total. The standard InChI is InChI=1S/C21H26ClN3O5.C21H26FN3O5.C17H19ClN2O7.C17H19FN2O7/c1-21(2,3)25-13-15(20(27)28)19(26)14-11-17(16(22)12-18(14)25)24-6-8-30-10-9-29-7-4-5-23;1-21(2,3)25-13-15(20(27)28)19(26)14-11-16(22)17(12-18(14)25)24-6-8-30-10-9-29-7-4-5-23;18-12-8-13-10(16(23)11(9-20-13)17(24)25)7-14(12)19-2-4-27-6-5-26-3-1-15(21)22;18-12-7-10-13(20-9-11(16(10)23)17(24)25)8-14(12)19-2-4-27-6-5-26-3-1-15(21)22/h2*11-13,24H,4,6-10H2,1-3H3,(H,27,28);2*7-9,19H,1-6H2,(H,20,23)(H,21,22)(H,24,25). The zero-order valence-electron chi connectivity index (χ0n) is 63.2. The Hall–Kier alpha value is -11.2. The molecule has 616 valence electrons. The van der Waals surface area contributed by atoms with Crippen LogP contribution < -0.4 is 43.0 Å². The molecule has 0 aliphatic heterocycles. The average molecular weight is 1640 g/mol. The van der Waals surface area contributed by atoms with E-state index in [0.29, 0.717) is 142 Å². The molecule has 0 saturated carbocycles. The minimum atomic E-state index is -1.38. The van der Waals surface area contributed by atoms with Gasteiger partial charge in [0.2, 0.25) is 21.7 Å². The van der Waals surface area contributed by atoms with Crippen LogP contribution in [0.25, 0.3) is 43.6 Å². The van der Waals surface area contributed by atoms with Gasteiger partial charge >= 0.3 is 35.8 Å². The number of H-pyrrole nitrogens is 2. The van der Waals surface area contributed by atoms with E-state index in [-0.39, 0.29) is 103 Å². The number of ether oxygens (including phenoxy) is 8.